The van der Waals surface area contributed by atoms with Gasteiger partial charge in [-0.25, -0.2) is 19.9 Å². The maximum atomic E-state index is 6.38. The van der Waals surface area contributed by atoms with E-state index < -0.39 is 0 Å². The van der Waals surface area contributed by atoms with Crippen molar-refractivity contribution < 1.29 is 19.6 Å². The van der Waals surface area contributed by atoms with Crippen molar-refractivity contribution in [2.45, 2.75) is 38.9 Å². The van der Waals surface area contributed by atoms with E-state index >= 15 is 0 Å². The van der Waals surface area contributed by atoms with Gasteiger partial charge in [0.25, 0.3) is 0 Å². The van der Waals surface area contributed by atoms with Crippen molar-refractivity contribution in [3.05, 3.63) is 308 Å². The van der Waals surface area contributed by atoms with Crippen molar-refractivity contribution in [1.29, 1.82) is 0 Å². The highest BCUT2D eigenvalue weighted by Gasteiger charge is 2.52. The molecular weight excluding hydrogens is 1370 g/mol. The first-order chi connectivity index (χ1) is 52.0. The fourth-order valence-electron chi connectivity index (χ4n) is 16.4. The predicted octanol–water partition coefficient (Wildman–Crippen LogP) is 24.7. The molecule has 1 saturated heterocycles. The number of hydrogen-bond acceptors (Lipinski definition) is 8. The summed E-state index contributed by atoms with van der Waals surface area (Å²) in [6.45, 7) is 8.41. The third-order valence-corrected chi connectivity index (χ3v) is 22.8. The van der Waals surface area contributed by atoms with Crippen LogP contribution in [0.15, 0.2) is 317 Å². The van der Waals surface area contributed by atoms with Gasteiger partial charge in [-0.15, -0.1) is 0 Å². The minimum atomic E-state index is -0.361. The molecule has 106 heavy (non-hydrogen) atoms. The van der Waals surface area contributed by atoms with E-state index in [1.54, 1.807) is 0 Å². The lowest BCUT2D eigenvalue weighted by atomic mass is 9.77. The third-order valence-electron chi connectivity index (χ3n) is 22.1. The van der Waals surface area contributed by atoms with E-state index in [0.717, 1.165) is 92.7 Å². The SMILES string of the molecule is Brc1ccc(-c2nc(-c3ccccc3)c3oc4ccccc4c3n2)c2ccccc12.CC1(C)OB(c2cc3c4ccccc4n4c5ccccc5c(c2)c34)OC1(C)C.[HH].c1ccc(-c2nc(-c3ccc(-c4cc5c6ccccc6n6c7ccccc7c(c4)c56)c4ccccc34)nc3c2oc2ccccc23)cc1. The summed E-state index contributed by atoms with van der Waals surface area (Å²) in [6, 6.07) is 106. The van der Waals surface area contributed by atoms with Gasteiger partial charge in [0, 0.05) is 82.0 Å². The molecule has 0 bridgehead atoms. The van der Waals surface area contributed by atoms with Crippen LogP contribution in [0.5, 0.6) is 0 Å². The summed E-state index contributed by atoms with van der Waals surface area (Å²) in [7, 11) is -0.361. The van der Waals surface area contributed by atoms with Gasteiger partial charge in [-0.3, -0.25) is 0 Å². The molecule has 0 aliphatic carbocycles. The van der Waals surface area contributed by atoms with Crippen molar-refractivity contribution in [3.8, 4) is 56.4 Å². The third kappa shape index (κ3) is 9.51. The van der Waals surface area contributed by atoms with Gasteiger partial charge >= 0.3 is 7.12 Å². The van der Waals surface area contributed by atoms with E-state index in [4.69, 9.17) is 38.1 Å². The molecule has 0 radical (unpaired) electrons. The number of aromatic nitrogens is 6. The van der Waals surface area contributed by atoms with Gasteiger partial charge < -0.3 is 26.9 Å². The van der Waals surface area contributed by atoms with Gasteiger partial charge in [-0.1, -0.05) is 240 Å². The number of furan rings is 2. The number of hydrogen-bond donors (Lipinski definition) is 0. The second-order valence-electron chi connectivity index (χ2n) is 28.6. The van der Waals surface area contributed by atoms with Crippen LogP contribution in [0.2, 0.25) is 0 Å². The molecule has 0 unspecified atom stereocenters. The van der Waals surface area contributed by atoms with E-state index in [2.05, 4.69) is 265 Å². The topological polar surface area (TPSA) is 105 Å². The molecule has 0 spiro atoms. The molecular formula is C94H64BBrN6O4. The van der Waals surface area contributed by atoms with Crippen LogP contribution < -0.4 is 5.46 Å². The summed E-state index contributed by atoms with van der Waals surface area (Å²) >= 11 is 3.67. The molecule has 1 fully saturated rings. The zero-order valence-electron chi connectivity index (χ0n) is 58.1. The van der Waals surface area contributed by atoms with Crippen LogP contribution >= 0.6 is 15.9 Å². The molecule has 1 aliphatic rings. The molecule has 23 rings (SSSR count). The number of rotatable bonds is 6. The van der Waals surface area contributed by atoms with E-state index in [1.165, 1.54) is 92.7 Å². The smallest absolute Gasteiger partial charge is 0.452 e. The van der Waals surface area contributed by atoms with Gasteiger partial charge in [-0.05, 0) is 145 Å². The van der Waals surface area contributed by atoms with E-state index in [0.29, 0.717) is 22.8 Å². The van der Waals surface area contributed by atoms with Crippen LogP contribution in [0, 0.1) is 0 Å². The van der Waals surface area contributed by atoms with Crippen LogP contribution in [-0.4, -0.2) is 47.1 Å². The Kier molecular flexibility index (Phi) is 13.9. The monoisotopic (exact) mass is 1430 g/mol. The summed E-state index contributed by atoms with van der Waals surface area (Å²) in [5.41, 5.74) is 20.6. The molecule has 10 nitrogen and oxygen atoms in total. The van der Waals surface area contributed by atoms with Crippen molar-refractivity contribution in [2.75, 3.05) is 0 Å². The quantitative estimate of drug-likeness (QED) is 0.152. The summed E-state index contributed by atoms with van der Waals surface area (Å²) in [5.74, 6) is 1.37. The Morgan fingerprint density at radius 3 is 1.08 bits per heavy atom. The lowest BCUT2D eigenvalue weighted by Gasteiger charge is -2.32. The Morgan fingerprint density at radius 2 is 0.642 bits per heavy atom. The second-order valence-corrected chi connectivity index (χ2v) is 29.5. The van der Waals surface area contributed by atoms with Crippen LogP contribution in [0.1, 0.15) is 29.1 Å². The van der Waals surface area contributed by atoms with Crippen LogP contribution in [0.3, 0.4) is 0 Å². The highest BCUT2D eigenvalue weighted by molar-refractivity contribution is 9.10. The lowest BCUT2D eigenvalue weighted by molar-refractivity contribution is 0.00578. The first kappa shape index (κ1) is 62.0. The Labute approximate surface area is 617 Å². The number of benzene rings is 14. The molecule has 22 aromatic rings. The Balaban J connectivity index is 0.000000111. The molecule has 504 valence electrons. The summed E-state index contributed by atoms with van der Waals surface area (Å²) in [6.07, 6.45) is 0. The summed E-state index contributed by atoms with van der Waals surface area (Å²) in [4.78, 5) is 20.4. The normalized spacial score (nSPS) is 13.8. The number of nitrogens with zero attached hydrogens (tertiary/aromatic N) is 6. The van der Waals surface area contributed by atoms with E-state index in [9.17, 15) is 0 Å². The van der Waals surface area contributed by atoms with Gasteiger partial charge in [-0.2, -0.15) is 0 Å². The zero-order valence-corrected chi connectivity index (χ0v) is 59.7. The maximum Gasteiger partial charge on any atom is 0.494 e. The Morgan fingerprint density at radius 1 is 0.311 bits per heavy atom. The fourth-order valence-corrected chi connectivity index (χ4v) is 16.9. The largest absolute Gasteiger partial charge is 0.494 e. The Hall–Kier alpha value is -12.6. The average molecular weight is 1430 g/mol. The fraction of sp³-hybridized carbons (Fsp3) is 0.0638. The van der Waals surface area contributed by atoms with Gasteiger partial charge in [0.05, 0.1) is 44.3 Å². The van der Waals surface area contributed by atoms with Crippen molar-refractivity contribution in [3.63, 3.8) is 0 Å². The minimum absolute atomic E-state index is 0. The molecule has 0 amide bonds. The average Bonchev–Trinajstić information content (AvgIpc) is 1.55. The maximum absolute atomic E-state index is 6.38. The lowest BCUT2D eigenvalue weighted by Crippen LogP contribution is -2.41. The predicted molar refractivity (Wildman–Crippen MR) is 442 cm³/mol. The van der Waals surface area contributed by atoms with Crippen LogP contribution in [0.25, 0.3) is 198 Å². The standard InChI is InChI=1S/C44H25N3O.C26H15BrN2O.C24H22BNO2.H2/c1-2-12-26(13-3-1)40-43-41(34-18-8-11-21-39(34)48-43)46-44(45-40)33-23-22-28(29-14-4-5-15-30(29)33)27-24-35-31-16-6-9-19-37(31)47-38-20-10-7-17-32(38)36(25-27)42(35)47;27-21-15-14-19(17-10-4-5-11-18(17)21)26-28-23(16-8-2-1-3-9-16)25-24(29-26)20-12-6-7-13-22(20)30-25;1-23(2)24(3,4)28-25(27-23)15-13-18-16-9-5-7-11-20(16)26-21-12-8-6-10-17(21)19(14-15)22(18)26;/h1-25H;1-15H;5-14H,1-4H3;1H. The number of halogens is 1. The van der Waals surface area contributed by atoms with Crippen molar-refractivity contribution in [1.82, 2.24) is 28.7 Å². The van der Waals surface area contributed by atoms with Gasteiger partial charge in [0.2, 0.25) is 0 Å². The molecule has 8 aromatic heterocycles. The molecule has 14 aromatic carbocycles. The van der Waals surface area contributed by atoms with E-state index in [1.807, 2.05) is 91.0 Å². The molecule has 0 saturated carbocycles. The molecule has 1 aliphatic heterocycles. The highest BCUT2D eigenvalue weighted by atomic mass is 79.9. The molecule has 0 N–H and O–H groups in total. The Bertz CT molecular complexity index is 7150. The number of fused-ring (bicyclic) bond motifs is 20. The van der Waals surface area contributed by atoms with Crippen LogP contribution in [-0.2, 0) is 9.31 Å². The molecule has 9 heterocycles. The molecule has 0 atom stereocenters. The first-order valence-corrected chi connectivity index (χ1v) is 36.7. The van der Waals surface area contributed by atoms with Crippen LogP contribution in [0.4, 0.5) is 0 Å². The summed E-state index contributed by atoms with van der Waals surface area (Å²) < 4.78 is 31.2. The van der Waals surface area contributed by atoms with Gasteiger partial charge in [0.1, 0.15) is 33.6 Å². The summed E-state index contributed by atoms with van der Waals surface area (Å²) in [5, 5.41) is 16.7. The highest BCUT2D eigenvalue weighted by Crippen LogP contribution is 2.47. The minimum Gasteiger partial charge on any atom is -0.452 e. The zero-order chi connectivity index (χ0) is 70.7. The van der Waals surface area contributed by atoms with Crippen molar-refractivity contribution >= 4 is 170 Å². The van der Waals surface area contributed by atoms with Crippen molar-refractivity contribution in [2.24, 2.45) is 0 Å². The van der Waals surface area contributed by atoms with E-state index in [-0.39, 0.29) is 19.7 Å². The first-order valence-electron chi connectivity index (χ1n) is 35.9. The second kappa shape index (κ2) is 23.7. The molecule has 12 heteroatoms. The number of para-hydroxylation sites is 6. The van der Waals surface area contributed by atoms with Gasteiger partial charge in [0.15, 0.2) is 22.8 Å².